The molecular weight excluding hydrogens is 436 g/mol. The zero-order chi connectivity index (χ0) is 19.4. The normalized spacial score (nSPS) is 10.6. The lowest BCUT2D eigenvalue weighted by atomic mass is 10.1. The second kappa shape index (κ2) is 8.31. The van der Waals surface area contributed by atoms with E-state index in [4.69, 9.17) is 4.42 Å². The summed E-state index contributed by atoms with van der Waals surface area (Å²) in [5.74, 6) is 0.0452. The summed E-state index contributed by atoms with van der Waals surface area (Å²) in [7, 11) is 0. The largest absolute Gasteiger partial charge is 0.411 e. The highest BCUT2D eigenvalue weighted by molar-refractivity contribution is 9.10. The van der Waals surface area contributed by atoms with Gasteiger partial charge in [0.1, 0.15) is 0 Å². The number of benzene rings is 2. The fourth-order valence-electron chi connectivity index (χ4n) is 2.28. The summed E-state index contributed by atoms with van der Waals surface area (Å²) in [6.45, 7) is 1.59. The Hall–Kier alpha value is -2.72. The molecule has 1 amide bonds. The van der Waals surface area contributed by atoms with Crippen LogP contribution in [0.1, 0.15) is 5.56 Å². The molecule has 138 valence electrons. The van der Waals surface area contributed by atoms with Gasteiger partial charge in [-0.2, -0.15) is 0 Å². The summed E-state index contributed by atoms with van der Waals surface area (Å²) in [5.41, 5.74) is 1.51. The molecule has 8 nitrogen and oxygen atoms in total. The molecule has 0 atom stereocenters. The first-order chi connectivity index (χ1) is 13.0. The van der Waals surface area contributed by atoms with Crippen LogP contribution in [0.4, 0.5) is 11.4 Å². The minimum atomic E-state index is -0.485. The quantitative estimate of drug-likeness (QED) is 0.336. The van der Waals surface area contributed by atoms with E-state index >= 15 is 0 Å². The monoisotopic (exact) mass is 448 g/mol. The number of nitro groups is 1. The van der Waals surface area contributed by atoms with E-state index in [9.17, 15) is 14.9 Å². The van der Waals surface area contributed by atoms with Gasteiger partial charge < -0.3 is 9.73 Å². The molecule has 0 fully saturated rings. The average Bonchev–Trinajstić information content (AvgIpc) is 3.10. The zero-order valence-electron chi connectivity index (χ0n) is 14.0. The molecule has 0 aliphatic heterocycles. The van der Waals surface area contributed by atoms with E-state index in [2.05, 4.69) is 31.4 Å². The summed E-state index contributed by atoms with van der Waals surface area (Å²) >= 11 is 4.50. The maximum Gasteiger partial charge on any atom is 0.277 e. The molecule has 0 saturated heterocycles. The highest BCUT2D eigenvalue weighted by Gasteiger charge is 2.16. The van der Waals surface area contributed by atoms with E-state index in [1.54, 1.807) is 13.0 Å². The van der Waals surface area contributed by atoms with Crippen molar-refractivity contribution in [3.63, 3.8) is 0 Å². The highest BCUT2D eigenvalue weighted by atomic mass is 79.9. The van der Waals surface area contributed by atoms with Gasteiger partial charge in [0.25, 0.3) is 10.9 Å². The minimum absolute atomic E-state index is 0.0275. The van der Waals surface area contributed by atoms with Crippen molar-refractivity contribution in [1.29, 1.82) is 0 Å². The van der Waals surface area contributed by atoms with E-state index in [0.717, 1.165) is 21.8 Å². The summed E-state index contributed by atoms with van der Waals surface area (Å²) in [5, 5.41) is 21.8. The van der Waals surface area contributed by atoms with E-state index in [-0.39, 0.29) is 22.6 Å². The molecule has 1 heterocycles. The first kappa shape index (κ1) is 19.1. The third-order valence-corrected chi connectivity index (χ3v) is 5.12. The number of nitro benzene ring substituents is 1. The standard InChI is InChI=1S/C17H13BrN4O4S/c1-10-13(7-4-8-14(10)22(24)25)19-15(23)9-27-17-21-20-16(26-17)11-5-2-3-6-12(11)18/h2-8H,9H2,1H3,(H,19,23). The highest BCUT2D eigenvalue weighted by Crippen LogP contribution is 2.29. The van der Waals surface area contributed by atoms with Crippen molar-refractivity contribution in [3.05, 3.63) is 62.6 Å². The fourth-order valence-corrected chi connectivity index (χ4v) is 3.30. The number of hydrogen-bond donors (Lipinski definition) is 1. The number of nitrogens with one attached hydrogen (secondary N) is 1. The Morgan fingerprint density at radius 2 is 2.04 bits per heavy atom. The Kier molecular flexibility index (Phi) is 5.87. The smallest absolute Gasteiger partial charge is 0.277 e. The van der Waals surface area contributed by atoms with Gasteiger partial charge in [0.2, 0.25) is 11.8 Å². The van der Waals surface area contributed by atoms with Crippen LogP contribution in [0.15, 0.2) is 56.6 Å². The summed E-state index contributed by atoms with van der Waals surface area (Å²) in [6.07, 6.45) is 0. The number of thioether (sulfide) groups is 1. The van der Waals surface area contributed by atoms with Gasteiger partial charge in [-0.15, -0.1) is 10.2 Å². The number of rotatable bonds is 6. The zero-order valence-corrected chi connectivity index (χ0v) is 16.4. The first-order valence-corrected chi connectivity index (χ1v) is 9.48. The molecule has 0 radical (unpaired) electrons. The van der Waals surface area contributed by atoms with E-state index < -0.39 is 4.92 Å². The molecule has 1 aromatic heterocycles. The lowest BCUT2D eigenvalue weighted by molar-refractivity contribution is -0.385. The second-order valence-electron chi connectivity index (χ2n) is 5.40. The van der Waals surface area contributed by atoms with Gasteiger partial charge in [0.15, 0.2) is 0 Å². The molecule has 3 aromatic rings. The van der Waals surface area contributed by atoms with Crippen LogP contribution in [0.25, 0.3) is 11.5 Å². The summed E-state index contributed by atoms with van der Waals surface area (Å²) < 4.78 is 6.39. The molecule has 2 aromatic carbocycles. The van der Waals surface area contributed by atoms with Crippen LogP contribution in [0.2, 0.25) is 0 Å². The maximum absolute atomic E-state index is 12.2. The molecule has 0 aliphatic rings. The van der Waals surface area contributed by atoms with Crippen LogP contribution < -0.4 is 5.32 Å². The van der Waals surface area contributed by atoms with Crippen molar-refractivity contribution in [3.8, 4) is 11.5 Å². The number of carbonyl (C=O) groups is 1. The van der Waals surface area contributed by atoms with Crippen LogP contribution >= 0.6 is 27.7 Å². The van der Waals surface area contributed by atoms with Gasteiger partial charge in [-0.1, -0.05) is 30.0 Å². The van der Waals surface area contributed by atoms with Crippen molar-refractivity contribution in [1.82, 2.24) is 10.2 Å². The van der Waals surface area contributed by atoms with Gasteiger partial charge in [0, 0.05) is 10.5 Å². The first-order valence-electron chi connectivity index (χ1n) is 7.71. The van der Waals surface area contributed by atoms with Gasteiger partial charge in [-0.25, -0.2) is 0 Å². The van der Waals surface area contributed by atoms with Crippen LogP contribution in [0, 0.1) is 17.0 Å². The lowest BCUT2D eigenvalue weighted by Crippen LogP contribution is -2.15. The van der Waals surface area contributed by atoms with Gasteiger partial charge in [-0.3, -0.25) is 14.9 Å². The van der Waals surface area contributed by atoms with Crippen molar-refractivity contribution in [2.75, 3.05) is 11.1 Å². The van der Waals surface area contributed by atoms with Gasteiger partial charge in [-0.05, 0) is 41.1 Å². The van der Waals surface area contributed by atoms with Crippen LogP contribution in [-0.2, 0) is 4.79 Å². The molecule has 27 heavy (non-hydrogen) atoms. The third kappa shape index (κ3) is 4.52. The number of hydrogen-bond acceptors (Lipinski definition) is 7. The molecule has 10 heteroatoms. The van der Waals surface area contributed by atoms with Crippen molar-refractivity contribution < 1.29 is 14.1 Å². The predicted octanol–water partition coefficient (Wildman–Crippen LogP) is 4.45. The Labute approximate surface area is 166 Å². The molecule has 0 bridgehead atoms. The van der Waals surface area contributed by atoms with Gasteiger partial charge >= 0.3 is 0 Å². The van der Waals surface area contributed by atoms with E-state index in [1.807, 2.05) is 24.3 Å². The number of nitrogens with zero attached hydrogens (tertiary/aromatic N) is 3. The molecule has 0 aliphatic carbocycles. The van der Waals surface area contributed by atoms with Crippen molar-refractivity contribution >= 4 is 45.0 Å². The number of anilines is 1. The minimum Gasteiger partial charge on any atom is -0.411 e. The molecule has 0 saturated carbocycles. The van der Waals surface area contributed by atoms with Crippen LogP contribution in [0.5, 0.6) is 0 Å². The lowest BCUT2D eigenvalue weighted by Gasteiger charge is -2.07. The number of aromatic nitrogens is 2. The Balaban J connectivity index is 1.63. The third-order valence-electron chi connectivity index (χ3n) is 3.61. The van der Waals surface area contributed by atoms with E-state index in [0.29, 0.717) is 17.1 Å². The topological polar surface area (TPSA) is 111 Å². The van der Waals surface area contributed by atoms with Gasteiger partial charge in [0.05, 0.1) is 27.5 Å². The molecule has 3 rings (SSSR count). The average molecular weight is 449 g/mol. The summed E-state index contributed by atoms with van der Waals surface area (Å²) in [6, 6.07) is 12.0. The number of halogens is 1. The van der Waals surface area contributed by atoms with Crippen molar-refractivity contribution in [2.24, 2.45) is 0 Å². The molecule has 0 unspecified atom stereocenters. The Morgan fingerprint density at radius 3 is 2.78 bits per heavy atom. The molecular formula is C17H13BrN4O4S. The van der Waals surface area contributed by atoms with Crippen LogP contribution in [0.3, 0.4) is 0 Å². The summed E-state index contributed by atoms with van der Waals surface area (Å²) in [4.78, 5) is 22.6. The fraction of sp³-hybridized carbons (Fsp3) is 0.118. The van der Waals surface area contributed by atoms with E-state index in [1.165, 1.54) is 12.1 Å². The maximum atomic E-state index is 12.2. The Morgan fingerprint density at radius 1 is 1.26 bits per heavy atom. The number of carbonyl (C=O) groups excluding carboxylic acids is 1. The molecule has 1 N–H and O–H groups in total. The SMILES string of the molecule is Cc1c(NC(=O)CSc2nnc(-c3ccccc3Br)o2)cccc1[N+](=O)[O-]. The number of amides is 1. The molecule has 0 spiro atoms. The van der Waals surface area contributed by atoms with Crippen molar-refractivity contribution in [2.45, 2.75) is 12.1 Å². The Bertz CT molecular complexity index is 1010. The second-order valence-corrected chi connectivity index (χ2v) is 7.18. The van der Waals surface area contributed by atoms with Crippen LogP contribution in [-0.4, -0.2) is 26.8 Å². The predicted molar refractivity (Wildman–Crippen MR) is 105 cm³/mol.